The van der Waals surface area contributed by atoms with Gasteiger partial charge in [0.15, 0.2) is 0 Å². The molecule has 5 rings (SSSR count). The minimum Gasteiger partial charge on any atom is -0.493 e. The number of hydrogen-bond donors (Lipinski definition) is 0. The highest BCUT2D eigenvalue weighted by Crippen LogP contribution is 2.38. The minimum atomic E-state index is 0.387. The molecule has 0 saturated carbocycles. The molecule has 2 atom stereocenters. The van der Waals surface area contributed by atoms with Gasteiger partial charge >= 0.3 is 0 Å². The maximum absolute atomic E-state index is 6.14. The van der Waals surface area contributed by atoms with Crippen LogP contribution in [0.2, 0.25) is 0 Å². The van der Waals surface area contributed by atoms with Crippen molar-refractivity contribution in [2.45, 2.75) is 39.2 Å². The predicted molar refractivity (Wildman–Crippen MR) is 114 cm³/mol. The van der Waals surface area contributed by atoms with Crippen LogP contribution >= 0.6 is 0 Å². The Morgan fingerprint density at radius 1 is 1.24 bits per heavy atom. The first-order chi connectivity index (χ1) is 14.2. The first kappa shape index (κ1) is 18.4. The summed E-state index contributed by atoms with van der Waals surface area (Å²) in [6.07, 6.45) is 9.02. The Morgan fingerprint density at radius 2 is 2.17 bits per heavy atom. The van der Waals surface area contributed by atoms with E-state index in [9.17, 15) is 0 Å². The Bertz CT molecular complexity index is 964. The van der Waals surface area contributed by atoms with E-state index in [1.165, 1.54) is 16.7 Å². The number of pyridine rings is 1. The Labute approximate surface area is 172 Å². The molecule has 4 nitrogen and oxygen atoms in total. The van der Waals surface area contributed by atoms with Gasteiger partial charge in [-0.15, -0.1) is 0 Å². The maximum Gasteiger partial charge on any atom is 0.145 e. The third-order valence-electron chi connectivity index (χ3n) is 6.49. The molecule has 2 unspecified atom stereocenters. The van der Waals surface area contributed by atoms with Gasteiger partial charge in [0.1, 0.15) is 17.3 Å². The molecule has 0 radical (unpaired) electrons. The van der Waals surface area contributed by atoms with E-state index in [1.807, 2.05) is 12.1 Å². The topological polar surface area (TPSA) is 34.6 Å². The van der Waals surface area contributed by atoms with Gasteiger partial charge in [-0.3, -0.25) is 9.88 Å². The van der Waals surface area contributed by atoms with E-state index in [1.54, 1.807) is 18.0 Å². The molecule has 3 aliphatic rings. The Morgan fingerprint density at radius 3 is 3.03 bits per heavy atom. The number of hydrogen-bond acceptors (Lipinski definition) is 4. The zero-order valence-electron chi connectivity index (χ0n) is 17.2. The van der Waals surface area contributed by atoms with Crippen molar-refractivity contribution in [1.82, 2.24) is 9.88 Å². The molecular weight excluding hydrogens is 360 g/mol. The van der Waals surface area contributed by atoms with Gasteiger partial charge in [-0.25, -0.2) is 0 Å². The van der Waals surface area contributed by atoms with E-state index < -0.39 is 0 Å². The van der Waals surface area contributed by atoms with Crippen LogP contribution < -0.4 is 9.47 Å². The Balaban J connectivity index is 1.32. The summed E-state index contributed by atoms with van der Waals surface area (Å²) in [5.74, 6) is 3.35. The summed E-state index contributed by atoms with van der Waals surface area (Å²) in [6.45, 7) is 7.51. The molecule has 1 aliphatic carbocycles. The van der Waals surface area contributed by atoms with Gasteiger partial charge < -0.3 is 9.47 Å². The SMILES string of the molecule is CC1CC2=C(C=C1Oc1cccnc1)CCN(C(C)c1ccc3c(c1)OCC3)C2. The third-order valence-corrected chi connectivity index (χ3v) is 6.49. The monoisotopic (exact) mass is 388 g/mol. The largest absolute Gasteiger partial charge is 0.493 e. The smallest absolute Gasteiger partial charge is 0.145 e. The molecule has 150 valence electrons. The second-order valence-corrected chi connectivity index (χ2v) is 8.43. The fourth-order valence-electron chi connectivity index (χ4n) is 4.68. The number of benzene rings is 1. The van der Waals surface area contributed by atoms with Gasteiger partial charge in [0, 0.05) is 37.7 Å². The molecule has 1 aromatic heterocycles. The summed E-state index contributed by atoms with van der Waals surface area (Å²) in [5.41, 5.74) is 5.72. The average molecular weight is 389 g/mol. The zero-order valence-corrected chi connectivity index (χ0v) is 17.2. The lowest BCUT2D eigenvalue weighted by atomic mass is 9.85. The normalized spacial score (nSPS) is 22.4. The van der Waals surface area contributed by atoms with Crippen LogP contribution in [0.5, 0.6) is 11.5 Å². The van der Waals surface area contributed by atoms with Crippen molar-refractivity contribution in [2.75, 3.05) is 19.7 Å². The van der Waals surface area contributed by atoms with Crippen molar-refractivity contribution >= 4 is 0 Å². The summed E-state index contributed by atoms with van der Waals surface area (Å²) in [6, 6.07) is 11.1. The molecule has 0 bridgehead atoms. The van der Waals surface area contributed by atoms with Crippen LogP contribution in [0, 0.1) is 5.92 Å². The van der Waals surface area contributed by atoms with Crippen molar-refractivity contribution in [3.05, 3.63) is 76.8 Å². The number of rotatable bonds is 4. The number of fused-ring (bicyclic) bond motifs is 1. The lowest BCUT2D eigenvalue weighted by molar-refractivity contribution is 0.212. The summed E-state index contributed by atoms with van der Waals surface area (Å²) in [4.78, 5) is 6.76. The fraction of sp³-hybridized carbons (Fsp3) is 0.400. The summed E-state index contributed by atoms with van der Waals surface area (Å²) < 4.78 is 11.9. The molecule has 0 amide bonds. The van der Waals surface area contributed by atoms with Crippen molar-refractivity contribution in [3.8, 4) is 11.5 Å². The standard InChI is InChI=1S/C25H28N2O2/c1-17-12-22-16-27(18(2)20-6-5-19-8-11-28-25(19)13-20)10-7-21(22)14-24(17)29-23-4-3-9-26-15-23/h3-6,9,13-15,17-18H,7-8,10-12,16H2,1-2H3. The van der Waals surface area contributed by atoms with Crippen molar-refractivity contribution < 1.29 is 9.47 Å². The molecule has 3 heterocycles. The summed E-state index contributed by atoms with van der Waals surface area (Å²) in [7, 11) is 0. The Kier molecular flexibility index (Phi) is 4.88. The number of ether oxygens (including phenoxy) is 2. The molecule has 2 aromatic rings. The third kappa shape index (κ3) is 3.69. The second kappa shape index (κ2) is 7.68. The van der Waals surface area contributed by atoms with Crippen LogP contribution in [0.3, 0.4) is 0 Å². The van der Waals surface area contributed by atoms with E-state index in [-0.39, 0.29) is 0 Å². The highest BCUT2D eigenvalue weighted by atomic mass is 16.5. The highest BCUT2D eigenvalue weighted by Gasteiger charge is 2.29. The lowest BCUT2D eigenvalue weighted by Gasteiger charge is -2.37. The van der Waals surface area contributed by atoms with Crippen LogP contribution in [-0.4, -0.2) is 29.6 Å². The molecule has 0 spiro atoms. The van der Waals surface area contributed by atoms with Crippen molar-refractivity contribution in [2.24, 2.45) is 5.92 Å². The molecule has 0 N–H and O–H groups in total. The molecule has 0 saturated heterocycles. The molecular formula is C25H28N2O2. The fourth-order valence-corrected chi connectivity index (χ4v) is 4.68. The number of allylic oxidation sites excluding steroid dienone is 2. The molecule has 1 aromatic carbocycles. The minimum absolute atomic E-state index is 0.387. The molecule has 4 heteroatoms. The molecule has 2 aliphatic heterocycles. The van der Waals surface area contributed by atoms with E-state index in [0.29, 0.717) is 12.0 Å². The summed E-state index contributed by atoms with van der Waals surface area (Å²) in [5, 5.41) is 0. The molecule has 0 fully saturated rings. The quantitative estimate of drug-likeness (QED) is 0.731. The maximum atomic E-state index is 6.14. The van der Waals surface area contributed by atoms with Gasteiger partial charge in [0.2, 0.25) is 0 Å². The van der Waals surface area contributed by atoms with E-state index >= 15 is 0 Å². The van der Waals surface area contributed by atoms with Crippen LogP contribution in [0.4, 0.5) is 0 Å². The Hall–Kier alpha value is -2.59. The number of aromatic nitrogens is 1. The van der Waals surface area contributed by atoms with Gasteiger partial charge in [-0.1, -0.05) is 24.6 Å². The second-order valence-electron chi connectivity index (χ2n) is 8.43. The van der Waals surface area contributed by atoms with Gasteiger partial charge in [0.05, 0.1) is 12.8 Å². The van der Waals surface area contributed by atoms with Crippen LogP contribution in [0.25, 0.3) is 0 Å². The van der Waals surface area contributed by atoms with Gasteiger partial charge in [0.25, 0.3) is 0 Å². The van der Waals surface area contributed by atoms with Crippen LogP contribution in [-0.2, 0) is 6.42 Å². The first-order valence-corrected chi connectivity index (χ1v) is 10.7. The van der Waals surface area contributed by atoms with Gasteiger partial charge in [-0.2, -0.15) is 0 Å². The van der Waals surface area contributed by atoms with Crippen LogP contribution in [0.1, 0.15) is 43.9 Å². The number of nitrogens with zero attached hydrogens (tertiary/aromatic N) is 2. The van der Waals surface area contributed by atoms with Gasteiger partial charge in [-0.05, 0) is 60.7 Å². The summed E-state index contributed by atoms with van der Waals surface area (Å²) >= 11 is 0. The predicted octanol–water partition coefficient (Wildman–Crippen LogP) is 5.08. The highest BCUT2D eigenvalue weighted by molar-refractivity contribution is 5.42. The van der Waals surface area contributed by atoms with Crippen LogP contribution in [0.15, 0.2) is 65.7 Å². The van der Waals surface area contributed by atoms with E-state index in [0.717, 1.165) is 56.2 Å². The lowest BCUT2D eigenvalue weighted by Crippen LogP contribution is -2.35. The first-order valence-electron chi connectivity index (χ1n) is 10.7. The van der Waals surface area contributed by atoms with E-state index in [4.69, 9.17) is 9.47 Å². The van der Waals surface area contributed by atoms with Crippen molar-refractivity contribution in [1.29, 1.82) is 0 Å². The van der Waals surface area contributed by atoms with E-state index in [2.05, 4.69) is 48.0 Å². The van der Waals surface area contributed by atoms with Crippen molar-refractivity contribution in [3.63, 3.8) is 0 Å². The zero-order chi connectivity index (χ0) is 19.8. The average Bonchev–Trinajstić information content (AvgIpc) is 3.22. The molecule has 29 heavy (non-hydrogen) atoms.